The highest BCUT2D eigenvalue weighted by Crippen LogP contribution is 2.48. The van der Waals surface area contributed by atoms with Crippen LogP contribution >= 0.6 is 0 Å². The highest BCUT2D eigenvalue weighted by molar-refractivity contribution is 5.84. The maximum Gasteiger partial charge on any atom is 0.421 e. The molecule has 2 nitrogen and oxygen atoms in total. The van der Waals surface area contributed by atoms with Gasteiger partial charge in [0.15, 0.2) is 0 Å². The van der Waals surface area contributed by atoms with Crippen LogP contribution in [0.25, 0.3) is 11.1 Å². The van der Waals surface area contributed by atoms with Gasteiger partial charge in [0.05, 0.1) is 22.9 Å². The third-order valence-electron chi connectivity index (χ3n) is 3.57. The molecule has 9 heteroatoms. The zero-order valence-electron chi connectivity index (χ0n) is 12.5. The summed E-state index contributed by atoms with van der Waals surface area (Å²) in [5.41, 5.74) is -1.52. The Hall–Kier alpha value is -2.76. The number of nitriles is 1. The summed E-state index contributed by atoms with van der Waals surface area (Å²) in [5.74, 6) is -2.46. The minimum absolute atomic E-state index is 0.00254. The van der Waals surface area contributed by atoms with Crippen LogP contribution in [0.4, 0.5) is 36.4 Å². The van der Waals surface area contributed by atoms with E-state index in [1.807, 2.05) is 0 Å². The van der Waals surface area contributed by atoms with E-state index in [1.165, 1.54) is 18.2 Å². The van der Waals surface area contributed by atoms with Crippen molar-refractivity contribution in [1.82, 2.24) is 0 Å². The van der Waals surface area contributed by atoms with E-state index < -0.39 is 46.1 Å². The van der Waals surface area contributed by atoms with Crippen LogP contribution in [-0.2, 0) is 12.4 Å². The topological polar surface area (TPSA) is 49.8 Å². The molecule has 0 radical (unpaired) electrons. The SMILES string of the molecule is Cc1c(-c2cccc(C#N)c2)c(N)c(C(F)(F)F)c(F)c1C(F)(F)F. The maximum atomic E-state index is 14.1. The van der Waals surface area contributed by atoms with Gasteiger partial charge in [0.2, 0.25) is 0 Å². The number of nitrogens with zero attached hydrogens (tertiary/aromatic N) is 1. The van der Waals surface area contributed by atoms with Crippen molar-refractivity contribution in [2.75, 3.05) is 5.73 Å². The summed E-state index contributed by atoms with van der Waals surface area (Å²) in [4.78, 5) is 0. The average molecular weight is 362 g/mol. The fraction of sp³-hybridized carbons (Fsp3) is 0.188. The fourth-order valence-corrected chi connectivity index (χ4v) is 2.59. The number of nitrogen functional groups attached to an aromatic ring is 1. The quantitative estimate of drug-likeness (QED) is 0.553. The molecule has 0 bridgehead atoms. The molecule has 0 aliphatic heterocycles. The molecule has 0 unspecified atom stereocenters. The minimum Gasteiger partial charge on any atom is -0.398 e. The van der Waals surface area contributed by atoms with Crippen LogP contribution in [0.2, 0.25) is 0 Å². The zero-order valence-corrected chi connectivity index (χ0v) is 12.5. The molecule has 0 fully saturated rings. The summed E-state index contributed by atoms with van der Waals surface area (Å²) in [7, 11) is 0. The molecule has 0 saturated heterocycles. The van der Waals surface area contributed by atoms with Crippen LogP contribution < -0.4 is 5.73 Å². The summed E-state index contributed by atoms with van der Waals surface area (Å²) in [5, 5.41) is 8.86. The van der Waals surface area contributed by atoms with Gasteiger partial charge in [-0.25, -0.2) is 4.39 Å². The molecule has 2 aromatic carbocycles. The van der Waals surface area contributed by atoms with Crippen LogP contribution in [0.5, 0.6) is 0 Å². The molecule has 0 aromatic heterocycles. The first-order valence-corrected chi connectivity index (χ1v) is 6.66. The molecule has 0 heterocycles. The van der Waals surface area contributed by atoms with Gasteiger partial charge in [0, 0.05) is 5.56 Å². The van der Waals surface area contributed by atoms with Crippen molar-refractivity contribution in [1.29, 1.82) is 5.26 Å². The van der Waals surface area contributed by atoms with E-state index in [9.17, 15) is 30.7 Å². The fourth-order valence-electron chi connectivity index (χ4n) is 2.59. The molecule has 0 saturated carbocycles. The first-order valence-electron chi connectivity index (χ1n) is 6.66. The number of nitrogens with two attached hydrogens (primary N) is 1. The zero-order chi connectivity index (χ0) is 19.2. The standard InChI is InChI=1S/C16H9F7N2/c1-7-10(9-4-2-3-8(5-9)6-24)14(25)12(16(21,22)23)13(17)11(7)15(18,19)20/h2-5H,25H2,1H3. The average Bonchev–Trinajstić information content (AvgIpc) is 2.44. The Morgan fingerprint density at radius 2 is 1.56 bits per heavy atom. The summed E-state index contributed by atoms with van der Waals surface area (Å²) < 4.78 is 92.8. The second kappa shape index (κ2) is 5.95. The van der Waals surface area contributed by atoms with Gasteiger partial charge in [0.25, 0.3) is 0 Å². The third-order valence-corrected chi connectivity index (χ3v) is 3.57. The van der Waals surface area contributed by atoms with Gasteiger partial charge in [-0.2, -0.15) is 31.6 Å². The van der Waals surface area contributed by atoms with Crippen molar-refractivity contribution in [3.8, 4) is 17.2 Å². The Kier molecular flexibility index (Phi) is 4.42. The summed E-state index contributed by atoms with van der Waals surface area (Å²) in [6.07, 6.45) is -10.8. The van der Waals surface area contributed by atoms with Gasteiger partial charge in [-0.05, 0) is 30.2 Å². The van der Waals surface area contributed by atoms with Crippen molar-refractivity contribution in [2.45, 2.75) is 19.3 Å². The normalized spacial score (nSPS) is 12.1. The Morgan fingerprint density at radius 3 is 2.04 bits per heavy atom. The molecular formula is C16H9F7N2. The smallest absolute Gasteiger partial charge is 0.398 e. The predicted molar refractivity (Wildman–Crippen MR) is 75.7 cm³/mol. The van der Waals surface area contributed by atoms with Crippen molar-refractivity contribution in [3.05, 3.63) is 52.3 Å². The van der Waals surface area contributed by atoms with Crippen LogP contribution in [0, 0.1) is 24.1 Å². The van der Waals surface area contributed by atoms with E-state index in [4.69, 9.17) is 11.0 Å². The monoisotopic (exact) mass is 362 g/mol. The first-order chi connectivity index (χ1) is 11.4. The van der Waals surface area contributed by atoms with Gasteiger partial charge in [0.1, 0.15) is 11.4 Å². The van der Waals surface area contributed by atoms with Crippen molar-refractivity contribution < 1.29 is 30.7 Å². The van der Waals surface area contributed by atoms with Crippen molar-refractivity contribution in [2.24, 2.45) is 0 Å². The molecule has 2 aromatic rings. The number of hydrogen-bond donors (Lipinski definition) is 1. The molecule has 0 amide bonds. The second-order valence-electron chi connectivity index (χ2n) is 5.17. The summed E-state index contributed by atoms with van der Waals surface area (Å²) in [6.45, 7) is 0.830. The molecule has 2 rings (SSSR count). The Bertz CT molecular complexity index is 833. The van der Waals surface area contributed by atoms with Gasteiger partial charge >= 0.3 is 12.4 Å². The number of alkyl halides is 6. The van der Waals surface area contributed by atoms with Crippen molar-refractivity contribution in [3.63, 3.8) is 0 Å². The first kappa shape index (κ1) is 18.6. The lowest BCUT2D eigenvalue weighted by molar-refractivity contribution is -0.147. The molecular weight excluding hydrogens is 353 g/mol. The molecule has 0 atom stereocenters. The van der Waals surface area contributed by atoms with Crippen LogP contribution in [0.15, 0.2) is 24.3 Å². The van der Waals surface area contributed by atoms with Gasteiger partial charge in [-0.1, -0.05) is 12.1 Å². The number of benzene rings is 2. The van der Waals surface area contributed by atoms with E-state index in [-0.39, 0.29) is 11.1 Å². The second-order valence-corrected chi connectivity index (χ2v) is 5.17. The van der Waals surface area contributed by atoms with E-state index in [0.717, 1.165) is 13.0 Å². The number of halogens is 7. The third kappa shape index (κ3) is 3.24. The van der Waals surface area contributed by atoms with Gasteiger partial charge in [-0.15, -0.1) is 0 Å². The highest BCUT2D eigenvalue weighted by Gasteiger charge is 2.46. The Balaban J connectivity index is 3.01. The largest absolute Gasteiger partial charge is 0.421 e. The molecule has 132 valence electrons. The number of rotatable bonds is 1. The molecule has 2 N–H and O–H groups in total. The lowest BCUT2D eigenvalue weighted by Crippen LogP contribution is -2.20. The molecule has 0 spiro atoms. The maximum absolute atomic E-state index is 14.1. The molecule has 0 aliphatic carbocycles. The van der Waals surface area contributed by atoms with Crippen molar-refractivity contribution >= 4 is 5.69 Å². The van der Waals surface area contributed by atoms with Crippen LogP contribution in [0.3, 0.4) is 0 Å². The minimum atomic E-state index is -5.43. The van der Waals surface area contributed by atoms with Crippen LogP contribution in [-0.4, -0.2) is 0 Å². The Labute approximate surface area is 137 Å². The van der Waals surface area contributed by atoms with E-state index in [0.29, 0.717) is 0 Å². The van der Waals surface area contributed by atoms with E-state index in [1.54, 1.807) is 6.07 Å². The lowest BCUT2D eigenvalue weighted by atomic mass is 9.89. The molecule has 25 heavy (non-hydrogen) atoms. The number of anilines is 1. The van der Waals surface area contributed by atoms with Gasteiger partial charge in [-0.3, -0.25) is 0 Å². The predicted octanol–water partition coefficient (Wildman–Crippen LogP) is 5.29. The summed E-state index contributed by atoms with van der Waals surface area (Å²) in [6, 6.07) is 6.58. The van der Waals surface area contributed by atoms with E-state index in [2.05, 4.69) is 0 Å². The van der Waals surface area contributed by atoms with Crippen LogP contribution in [0.1, 0.15) is 22.3 Å². The summed E-state index contributed by atoms with van der Waals surface area (Å²) >= 11 is 0. The Morgan fingerprint density at radius 1 is 1.00 bits per heavy atom. The highest BCUT2D eigenvalue weighted by atomic mass is 19.4. The van der Waals surface area contributed by atoms with E-state index >= 15 is 0 Å². The number of hydrogen-bond acceptors (Lipinski definition) is 2. The lowest BCUT2D eigenvalue weighted by Gasteiger charge is -2.22. The van der Waals surface area contributed by atoms with Gasteiger partial charge < -0.3 is 5.73 Å². The molecule has 0 aliphatic rings.